The van der Waals surface area contributed by atoms with Crippen LogP contribution >= 0.6 is 0 Å². The highest BCUT2D eigenvalue weighted by molar-refractivity contribution is 5.72. The summed E-state index contributed by atoms with van der Waals surface area (Å²) < 4.78 is 11.0. The number of aromatic nitrogens is 4. The molecular formula is C30H36N6O2. The molecule has 8 heteroatoms. The lowest BCUT2D eigenvalue weighted by molar-refractivity contribution is -0.101. The Labute approximate surface area is 223 Å². The molecule has 0 unspecified atom stereocenters. The molecule has 0 amide bonds. The van der Waals surface area contributed by atoms with Crippen LogP contribution in [0.25, 0.3) is 33.6 Å². The molecule has 2 aromatic heterocycles. The summed E-state index contributed by atoms with van der Waals surface area (Å²) in [6, 6.07) is 17.9. The van der Waals surface area contributed by atoms with Crippen molar-refractivity contribution in [1.29, 1.82) is 0 Å². The van der Waals surface area contributed by atoms with Crippen molar-refractivity contribution in [3.63, 3.8) is 0 Å². The van der Waals surface area contributed by atoms with E-state index in [4.69, 9.17) is 14.5 Å². The van der Waals surface area contributed by atoms with Crippen LogP contribution in [0.3, 0.4) is 0 Å². The minimum atomic E-state index is -0.322. The van der Waals surface area contributed by atoms with Crippen LogP contribution < -0.4 is 10.6 Å². The third kappa shape index (κ3) is 5.17. The van der Waals surface area contributed by atoms with Gasteiger partial charge in [-0.1, -0.05) is 48.5 Å². The Balaban J connectivity index is 1.21. The zero-order valence-electron chi connectivity index (χ0n) is 22.1. The molecule has 4 N–H and O–H groups in total. The second-order valence-corrected chi connectivity index (χ2v) is 10.2. The van der Waals surface area contributed by atoms with Gasteiger partial charge in [0.1, 0.15) is 11.6 Å². The van der Waals surface area contributed by atoms with Gasteiger partial charge in [0.15, 0.2) is 6.29 Å². The van der Waals surface area contributed by atoms with Crippen molar-refractivity contribution in [2.45, 2.75) is 50.5 Å². The lowest BCUT2D eigenvalue weighted by Gasteiger charge is -2.13. The average Bonchev–Trinajstić information content (AvgIpc) is 3.78. The van der Waals surface area contributed by atoms with E-state index < -0.39 is 0 Å². The smallest absolute Gasteiger partial charge is 0.162 e. The van der Waals surface area contributed by atoms with E-state index in [2.05, 4.69) is 74.1 Å². The quantitative estimate of drug-likeness (QED) is 0.232. The highest BCUT2D eigenvalue weighted by Crippen LogP contribution is 2.31. The molecule has 4 heterocycles. The maximum atomic E-state index is 5.48. The summed E-state index contributed by atoms with van der Waals surface area (Å²) in [7, 11) is 3.34. The summed E-state index contributed by atoms with van der Waals surface area (Å²) >= 11 is 0. The summed E-state index contributed by atoms with van der Waals surface area (Å²) in [5.74, 6) is 2.02. The Morgan fingerprint density at radius 3 is 1.92 bits per heavy atom. The number of aromatic amines is 2. The number of methoxy groups -OCH3 is 2. The van der Waals surface area contributed by atoms with Gasteiger partial charge < -0.3 is 30.1 Å². The van der Waals surface area contributed by atoms with E-state index >= 15 is 0 Å². The molecular weight excluding hydrogens is 476 g/mol. The van der Waals surface area contributed by atoms with Crippen molar-refractivity contribution in [2.75, 3.05) is 27.3 Å². The summed E-state index contributed by atoms with van der Waals surface area (Å²) in [5, 5.41) is 7.05. The molecule has 2 aliphatic heterocycles. The van der Waals surface area contributed by atoms with E-state index in [-0.39, 0.29) is 12.3 Å². The lowest BCUT2D eigenvalue weighted by Crippen LogP contribution is -2.17. The first-order chi connectivity index (χ1) is 18.7. The Morgan fingerprint density at radius 1 is 0.763 bits per heavy atom. The Morgan fingerprint density at radius 2 is 1.34 bits per heavy atom. The van der Waals surface area contributed by atoms with Gasteiger partial charge in [-0.05, 0) is 55.5 Å². The molecule has 4 aromatic rings. The van der Waals surface area contributed by atoms with Crippen molar-refractivity contribution >= 4 is 0 Å². The normalized spacial score (nSPS) is 19.6. The van der Waals surface area contributed by atoms with Crippen molar-refractivity contribution in [1.82, 2.24) is 30.6 Å². The number of H-pyrrole nitrogens is 2. The van der Waals surface area contributed by atoms with E-state index in [1.54, 1.807) is 14.2 Å². The molecule has 0 aliphatic carbocycles. The second-order valence-electron chi connectivity index (χ2n) is 10.2. The molecule has 2 atom stereocenters. The minimum absolute atomic E-state index is 0.268. The minimum Gasteiger partial charge on any atom is -0.356 e. The Bertz CT molecular complexity index is 1330. The third-order valence-corrected chi connectivity index (χ3v) is 7.76. The molecule has 0 saturated carbocycles. The lowest BCUT2D eigenvalue weighted by atomic mass is 10.0. The number of ether oxygens (including phenoxy) is 2. The van der Waals surface area contributed by atoms with E-state index in [1.807, 2.05) is 6.20 Å². The first kappa shape index (κ1) is 25.0. The molecule has 6 rings (SSSR count). The molecule has 0 spiro atoms. The molecule has 38 heavy (non-hydrogen) atoms. The van der Waals surface area contributed by atoms with Crippen LogP contribution in [0, 0.1) is 0 Å². The van der Waals surface area contributed by atoms with Gasteiger partial charge in [0.2, 0.25) is 0 Å². The first-order valence-corrected chi connectivity index (χ1v) is 13.6. The Hall–Kier alpha value is -3.30. The maximum Gasteiger partial charge on any atom is 0.162 e. The summed E-state index contributed by atoms with van der Waals surface area (Å²) in [4.78, 5) is 16.7. The summed E-state index contributed by atoms with van der Waals surface area (Å²) in [6.07, 6.45) is 6.83. The molecule has 0 bridgehead atoms. The van der Waals surface area contributed by atoms with Crippen LogP contribution in [0.2, 0.25) is 0 Å². The summed E-state index contributed by atoms with van der Waals surface area (Å²) in [6.45, 7) is 2.09. The van der Waals surface area contributed by atoms with Crippen molar-refractivity contribution in [3.8, 4) is 33.6 Å². The molecule has 2 saturated heterocycles. The number of nitrogens with zero attached hydrogens (tertiary/aromatic N) is 2. The fraction of sp³-hybridized carbons (Fsp3) is 0.400. The number of imidazole rings is 2. The number of hydrogen-bond acceptors (Lipinski definition) is 6. The topological polar surface area (TPSA) is 99.9 Å². The maximum absolute atomic E-state index is 5.48. The van der Waals surface area contributed by atoms with Gasteiger partial charge in [-0.3, -0.25) is 0 Å². The zero-order chi connectivity index (χ0) is 25.9. The van der Waals surface area contributed by atoms with Gasteiger partial charge in [-0.15, -0.1) is 0 Å². The van der Waals surface area contributed by atoms with Gasteiger partial charge in [0.05, 0.1) is 29.7 Å². The summed E-state index contributed by atoms with van der Waals surface area (Å²) in [5.41, 5.74) is 7.61. The number of nitrogens with one attached hydrogen (secondary N) is 4. The second kappa shape index (κ2) is 11.2. The molecule has 2 fully saturated rings. The molecule has 198 valence electrons. The zero-order valence-corrected chi connectivity index (χ0v) is 22.1. The highest BCUT2D eigenvalue weighted by atomic mass is 16.7. The van der Waals surface area contributed by atoms with Gasteiger partial charge in [-0.25, -0.2) is 9.97 Å². The molecule has 0 radical (unpaired) electrons. The van der Waals surface area contributed by atoms with E-state index in [1.165, 1.54) is 24.0 Å². The SMILES string of the molecule is COC(Cc1[nH]c([C@@H]2CCCN2)nc1-c1ccc(-c2ccc(-c3cnc([C@@H]4CCCN4)[nH]3)cc2)cc1)OC. The predicted octanol–water partition coefficient (Wildman–Crippen LogP) is 5.14. The molecule has 8 nitrogen and oxygen atoms in total. The van der Waals surface area contributed by atoms with Crippen LogP contribution in [0.5, 0.6) is 0 Å². The van der Waals surface area contributed by atoms with E-state index in [0.29, 0.717) is 12.5 Å². The van der Waals surface area contributed by atoms with Crippen LogP contribution in [0.4, 0.5) is 0 Å². The van der Waals surface area contributed by atoms with Crippen molar-refractivity contribution in [2.24, 2.45) is 0 Å². The van der Waals surface area contributed by atoms with Crippen molar-refractivity contribution in [3.05, 3.63) is 72.1 Å². The van der Waals surface area contributed by atoms with Crippen LogP contribution in [0.15, 0.2) is 54.7 Å². The van der Waals surface area contributed by atoms with E-state index in [9.17, 15) is 0 Å². The van der Waals surface area contributed by atoms with Gasteiger partial charge in [0, 0.05) is 31.9 Å². The third-order valence-electron chi connectivity index (χ3n) is 7.76. The number of rotatable bonds is 9. The van der Waals surface area contributed by atoms with Gasteiger partial charge in [-0.2, -0.15) is 0 Å². The number of benzene rings is 2. The van der Waals surface area contributed by atoms with Crippen LogP contribution in [0.1, 0.15) is 55.1 Å². The largest absolute Gasteiger partial charge is 0.356 e. The van der Waals surface area contributed by atoms with Gasteiger partial charge in [0.25, 0.3) is 0 Å². The fourth-order valence-electron chi connectivity index (χ4n) is 5.57. The number of hydrogen-bond donors (Lipinski definition) is 4. The Kier molecular flexibility index (Phi) is 7.38. The van der Waals surface area contributed by atoms with Crippen LogP contribution in [-0.4, -0.2) is 53.5 Å². The monoisotopic (exact) mass is 512 g/mol. The molecule has 2 aromatic carbocycles. The highest BCUT2D eigenvalue weighted by Gasteiger charge is 2.24. The van der Waals surface area contributed by atoms with Crippen LogP contribution in [-0.2, 0) is 15.9 Å². The molecule has 2 aliphatic rings. The average molecular weight is 513 g/mol. The fourth-order valence-corrected chi connectivity index (χ4v) is 5.57. The standard InChI is InChI=1S/C30H36N6O2/c1-37-27(38-2)17-25-28(36-30(34-25)24-6-4-16-32-24)22-13-9-20(10-14-22)19-7-11-21(12-8-19)26-18-33-29(35-26)23-5-3-15-31-23/h7-14,18,23-24,27,31-32H,3-6,15-17H2,1-2H3,(H,33,35)(H,34,36)/t23-,24-/m0/s1. The first-order valence-electron chi connectivity index (χ1n) is 13.6. The van der Waals surface area contributed by atoms with Crippen molar-refractivity contribution < 1.29 is 9.47 Å². The van der Waals surface area contributed by atoms with E-state index in [0.717, 1.165) is 65.8 Å². The predicted molar refractivity (Wildman–Crippen MR) is 149 cm³/mol. The van der Waals surface area contributed by atoms with Gasteiger partial charge >= 0.3 is 0 Å².